The van der Waals surface area contributed by atoms with Crippen molar-refractivity contribution in [3.05, 3.63) is 23.3 Å². The van der Waals surface area contributed by atoms with Gasteiger partial charge in [0.15, 0.2) is 0 Å². The molecule has 2 nitrogen and oxygen atoms in total. The number of hydrogen-bond acceptors (Lipinski definition) is 2. The summed E-state index contributed by atoms with van der Waals surface area (Å²) in [5.41, 5.74) is 7.49. The monoisotopic (exact) mass is 198 g/mol. The third-order valence-electron chi connectivity index (χ3n) is 1.36. The first-order chi connectivity index (χ1) is 4.88. The van der Waals surface area contributed by atoms with Crippen LogP contribution in [0.1, 0.15) is 0 Å². The Morgan fingerprint density at radius 1 is 1.50 bits per heavy atom. The van der Waals surface area contributed by atoms with Crippen LogP contribution in [0.25, 0.3) is 9.78 Å². The molecule has 3 heteroatoms. The number of nitrogen functional groups attached to an aromatic ring is 1. The van der Waals surface area contributed by atoms with E-state index in [2.05, 4.69) is 16.0 Å². The second kappa shape index (κ2) is 2.11. The van der Waals surface area contributed by atoms with E-state index >= 15 is 0 Å². The molecule has 0 aliphatic heterocycles. The van der Waals surface area contributed by atoms with Crippen LogP contribution in [0.5, 0.6) is 0 Å². The number of fused-ring (bicyclic) bond motifs is 1. The third-order valence-corrected chi connectivity index (χ3v) is 3.36. The SMILES string of the molecule is Nc1c[se]c2cccnc12. The van der Waals surface area contributed by atoms with Crippen molar-refractivity contribution in [1.82, 2.24) is 4.98 Å². The molecule has 2 N–H and O–H groups in total. The van der Waals surface area contributed by atoms with Gasteiger partial charge in [0.1, 0.15) is 0 Å². The van der Waals surface area contributed by atoms with Gasteiger partial charge in [-0.2, -0.15) is 0 Å². The summed E-state index contributed by atoms with van der Waals surface area (Å²) >= 11 is 0.424. The molecule has 0 bridgehead atoms. The van der Waals surface area contributed by atoms with Crippen molar-refractivity contribution in [2.75, 3.05) is 5.73 Å². The molecule has 0 saturated heterocycles. The molecule has 2 aromatic rings. The zero-order chi connectivity index (χ0) is 6.97. The second-order valence-corrected chi connectivity index (χ2v) is 3.95. The molecule has 0 spiro atoms. The van der Waals surface area contributed by atoms with Gasteiger partial charge in [-0.3, -0.25) is 0 Å². The molecule has 2 rings (SSSR count). The van der Waals surface area contributed by atoms with E-state index in [4.69, 9.17) is 5.73 Å². The standard InChI is InChI=1S/C7H6N2Se/c8-5-4-10-6-2-1-3-9-7(5)6/h1-4H,8H2. The van der Waals surface area contributed by atoms with Gasteiger partial charge in [-0.25, -0.2) is 0 Å². The van der Waals surface area contributed by atoms with Crippen LogP contribution in [-0.4, -0.2) is 19.5 Å². The molecule has 50 valence electrons. The predicted octanol–water partition coefficient (Wildman–Crippen LogP) is 0.874. The first kappa shape index (κ1) is 5.95. The molecule has 0 fully saturated rings. The molecule has 0 amide bonds. The molecule has 2 aromatic heterocycles. The van der Waals surface area contributed by atoms with Crippen molar-refractivity contribution >= 4 is 30.0 Å². The van der Waals surface area contributed by atoms with Gasteiger partial charge < -0.3 is 0 Å². The van der Waals surface area contributed by atoms with Gasteiger partial charge in [0.05, 0.1) is 0 Å². The first-order valence-corrected chi connectivity index (χ1v) is 4.80. The molecule has 0 aliphatic carbocycles. The molecule has 0 saturated carbocycles. The zero-order valence-electron chi connectivity index (χ0n) is 5.24. The van der Waals surface area contributed by atoms with Gasteiger partial charge in [-0.05, 0) is 0 Å². The van der Waals surface area contributed by atoms with Crippen molar-refractivity contribution in [1.29, 1.82) is 0 Å². The molecule has 10 heavy (non-hydrogen) atoms. The van der Waals surface area contributed by atoms with Gasteiger partial charge in [0.2, 0.25) is 0 Å². The van der Waals surface area contributed by atoms with E-state index < -0.39 is 0 Å². The number of rotatable bonds is 0. The second-order valence-electron chi connectivity index (χ2n) is 2.04. The van der Waals surface area contributed by atoms with Crippen LogP contribution >= 0.6 is 0 Å². The van der Waals surface area contributed by atoms with E-state index in [1.807, 2.05) is 6.07 Å². The Labute approximate surface area is 64.4 Å². The Morgan fingerprint density at radius 3 is 3.20 bits per heavy atom. The average Bonchev–Trinajstić information content (AvgIpc) is 2.34. The van der Waals surface area contributed by atoms with E-state index in [0.717, 1.165) is 11.2 Å². The fourth-order valence-electron chi connectivity index (χ4n) is 0.885. The van der Waals surface area contributed by atoms with E-state index in [-0.39, 0.29) is 0 Å². The van der Waals surface area contributed by atoms with Crippen molar-refractivity contribution in [2.24, 2.45) is 0 Å². The van der Waals surface area contributed by atoms with E-state index in [1.54, 1.807) is 6.20 Å². The van der Waals surface area contributed by atoms with Crippen LogP contribution in [0.4, 0.5) is 5.69 Å². The minimum absolute atomic E-state index is 0.424. The quantitative estimate of drug-likeness (QED) is 0.636. The summed E-state index contributed by atoms with van der Waals surface area (Å²) < 4.78 is 1.30. The topological polar surface area (TPSA) is 38.9 Å². The van der Waals surface area contributed by atoms with Gasteiger partial charge in [-0.15, -0.1) is 0 Å². The molecular formula is C7H6N2Se. The van der Waals surface area contributed by atoms with Gasteiger partial charge in [0.25, 0.3) is 0 Å². The van der Waals surface area contributed by atoms with Crippen LogP contribution in [0, 0.1) is 0 Å². The maximum absolute atomic E-state index is 5.66. The number of pyridine rings is 1. The van der Waals surface area contributed by atoms with Crippen LogP contribution in [0.2, 0.25) is 0 Å². The fourth-order valence-corrected chi connectivity index (χ4v) is 2.57. The first-order valence-electron chi connectivity index (χ1n) is 2.95. The Kier molecular flexibility index (Phi) is 1.26. The molecular weight excluding hydrogens is 191 g/mol. The van der Waals surface area contributed by atoms with Crippen molar-refractivity contribution in [3.63, 3.8) is 0 Å². The van der Waals surface area contributed by atoms with Crippen molar-refractivity contribution in [3.8, 4) is 0 Å². The van der Waals surface area contributed by atoms with Crippen molar-refractivity contribution < 1.29 is 0 Å². The number of aromatic nitrogens is 1. The summed E-state index contributed by atoms with van der Waals surface area (Å²) in [5, 5.41) is 0. The molecule has 0 atom stereocenters. The van der Waals surface area contributed by atoms with Crippen LogP contribution < -0.4 is 5.73 Å². The van der Waals surface area contributed by atoms with Crippen molar-refractivity contribution in [2.45, 2.75) is 0 Å². The Bertz CT molecular complexity index is 353. The minimum atomic E-state index is 0.424. The van der Waals surface area contributed by atoms with E-state index in [9.17, 15) is 0 Å². The number of nitrogens with two attached hydrogens (primary N) is 1. The Morgan fingerprint density at radius 2 is 2.40 bits per heavy atom. The summed E-state index contributed by atoms with van der Waals surface area (Å²) in [5.74, 6) is 0. The predicted molar refractivity (Wildman–Crippen MR) is 43.1 cm³/mol. The summed E-state index contributed by atoms with van der Waals surface area (Å²) in [6, 6.07) is 4.03. The van der Waals surface area contributed by atoms with Gasteiger partial charge in [0, 0.05) is 0 Å². The summed E-state index contributed by atoms with van der Waals surface area (Å²) in [6.07, 6.45) is 1.78. The van der Waals surface area contributed by atoms with Gasteiger partial charge >= 0.3 is 64.0 Å². The van der Waals surface area contributed by atoms with E-state index in [0.29, 0.717) is 14.5 Å². The molecule has 2 heterocycles. The van der Waals surface area contributed by atoms with E-state index in [1.165, 1.54) is 4.26 Å². The number of hydrogen-bond donors (Lipinski definition) is 1. The third kappa shape index (κ3) is 0.753. The van der Waals surface area contributed by atoms with Gasteiger partial charge in [-0.1, -0.05) is 0 Å². The normalized spacial score (nSPS) is 10.4. The Balaban J connectivity index is 2.93. The summed E-state index contributed by atoms with van der Waals surface area (Å²) in [6.45, 7) is 0. The van der Waals surface area contributed by atoms with Crippen LogP contribution in [-0.2, 0) is 0 Å². The maximum atomic E-state index is 5.66. The summed E-state index contributed by atoms with van der Waals surface area (Å²) in [7, 11) is 0. The number of nitrogens with zero attached hydrogens (tertiary/aromatic N) is 1. The zero-order valence-corrected chi connectivity index (χ0v) is 6.96. The average molecular weight is 197 g/mol. The molecule has 0 aliphatic rings. The summed E-state index contributed by atoms with van der Waals surface area (Å²) in [4.78, 5) is 6.22. The fraction of sp³-hybridized carbons (Fsp3) is 0. The number of anilines is 1. The molecule has 0 aromatic carbocycles. The van der Waals surface area contributed by atoms with Crippen LogP contribution in [0.15, 0.2) is 23.3 Å². The Hall–Kier alpha value is -0.791. The molecule has 0 unspecified atom stereocenters. The molecule has 0 radical (unpaired) electrons. The van der Waals surface area contributed by atoms with Crippen LogP contribution in [0.3, 0.4) is 0 Å².